The lowest BCUT2D eigenvalue weighted by molar-refractivity contribution is -0.0187. The molecule has 0 radical (unpaired) electrons. The van der Waals surface area contributed by atoms with Gasteiger partial charge in [0.25, 0.3) is 0 Å². The summed E-state index contributed by atoms with van der Waals surface area (Å²) in [5.41, 5.74) is 0. The molecule has 1 atom stereocenters. The van der Waals surface area contributed by atoms with Crippen LogP contribution in [-0.2, 0) is 9.47 Å². The van der Waals surface area contributed by atoms with E-state index in [-0.39, 0.29) is 0 Å². The van der Waals surface area contributed by atoms with Crippen molar-refractivity contribution in [3.8, 4) is 0 Å². The Morgan fingerprint density at radius 3 is 3.07 bits per heavy atom. The molecule has 0 bridgehead atoms. The van der Waals surface area contributed by atoms with E-state index in [9.17, 15) is 0 Å². The number of likely N-dealkylation sites (N-methyl/N-ethyl adjacent to an activating group) is 1. The Hall–Kier alpha value is -0.160. The zero-order chi connectivity index (χ0) is 10.9. The van der Waals surface area contributed by atoms with Crippen LogP contribution in [0.3, 0.4) is 0 Å². The molecule has 0 spiro atoms. The average Bonchev–Trinajstić information content (AvgIpc) is 2.23. The summed E-state index contributed by atoms with van der Waals surface area (Å²) >= 11 is 0. The molecular formula is C11H24N2O2. The largest absolute Gasteiger partial charge is 0.380 e. The zero-order valence-corrected chi connectivity index (χ0v) is 10.00. The number of hydrogen-bond acceptors (Lipinski definition) is 4. The van der Waals surface area contributed by atoms with Crippen LogP contribution >= 0.6 is 0 Å². The van der Waals surface area contributed by atoms with Crippen LogP contribution < -0.4 is 5.32 Å². The molecule has 15 heavy (non-hydrogen) atoms. The molecule has 1 unspecified atom stereocenters. The van der Waals surface area contributed by atoms with Crippen molar-refractivity contribution < 1.29 is 9.47 Å². The second-order valence-electron chi connectivity index (χ2n) is 4.07. The Kier molecular flexibility index (Phi) is 6.92. The van der Waals surface area contributed by atoms with Gasteiger partial charge in [0.05, 0.1) is 19.3 Å². The Morgan fingerprint density at radius 1 is 1.47 bits per heavy atom. The van der Waals surface area contributed by atoms with Crippen molar-refractivity contribution in [2.75, 3.05) is 53.0 Å². The van der Waals surface area contributed by atoms with E-state index in [1.54, 1.807) is 0 Å². The molecule has 0 saturated carbocycles. The molecule has 0 amide bonds. The minimum Gasteiger partial charge on any atom is -0.380 e. The molecule has 1 N–H and O–H groups in total. The van der Waals surface area contributed by atoms with E-state index in [0.717, 1.165) is 52.4 Å². The van der Waals surface area contributed by atoms with Gasteiger partial charge in [-0.2, -0.15) is 0 Å². The van der Waals surface area contributed by atoms with Crippen LogP contribution in [0.2, 0.25) is 0 Å². The lowest BCUT2D eigenvalue weighted by Gasteiger charge is -2.30. The van der Waals surface area contributed by atoms with E-state index in [2.05, 4.69) is 24.2 Å². The highest BCUT2D eigenvalue weighted by molar-refractivity contribution is 4.70. The van der Waals surface area contributed by atoms with Gasteiger partial charge in [-0.05, 0) is 13.5 Å². The molecule has 4 nitrogen and oxygen atoms in total. The summed E-state index contributed by atoms with van der Waals surface area (Å²) in [7, 11) is 2.14. The molecule has 1 aliphatic heterocycles. The van der Waals surface area contributed by atoms with E-state index < -0.39 is 0 Å². The van der Waals surface area contributed by atoms with E-state index >= 15 is 0 Å². The summed E-state index contributed by atoms with van der Waals surface area (Å²) in [5.74, 6) is 0. The summed E-state index contributed by atoms with van der Waals surface area (Å²) in [5, 5.41) is 3.36. The second kappa shape index (κ2) is 8.05. The fourth-order valence-electron chi connectivity index (χ4n) is 1.64. The number of rotatable bonds is 7. The molecule has 1 fully saturated rings. The van der Waals surface area contributed by atoms with Crippen molar-refractivity contribution in [3.63, 3.8) is 0 Å². The van der Waals surface area contributed by atoms with Crippen molar-refractivity contribution in [3.05, 3.63) is 0 Å². The zero-order valence-electron chi connectivity index (χ0n) is 10.00. The van der Waals surface area contributed by atoms with Gasteiger partial charge in [0.2, 0.25) is 0 Å². The summed E-state index contributed by atoms with van der Waals surface area (Å²) < 4.78 is 11.0. The van der Waals surface area contributed by atoms with Crippen molar-refractivity contribution >= 4 is 0 Å². The Bertz CT molecular complexity index is 156. The first-order valence-electron chi connectivity index (χ1n) is 5.91. The van der Waals surface area contributed by atoms with Crippen molar-refractivity contribution in [1.82, 2.24) is 10.2 Å². The van der Waals surface area contributed by atoms with Crippen molar-refractivity contribution in [2.45, 2.75) is 19.4 Å². The smallest absolute Gasteiger partial charge is 0.0826 e. The molecule has 1 rings (SSSR count). The minimum atomic E-state index is 0.343. The Labute approximate surface area is 92.9 Å². The van der Waals surface area contributed by atoms with E-state index in [1.165, 1.54) is 0 Å². The van der Waals surface area contributed by atoms with Crippen LogP contribution in [0.15, 0.2) is 0 Å². The quantitative estimate of drug-likeness (QED) is 0.622. The van der Waals surface area contributed by atoms with Gasteiger partial charge in [-0.15, -0.1) is 0 Å². The van der Waals surface area contributed by atoms with Crippen LogP contribution in [0.5, 0.6) is 0 Å². The predicted octanol–water partition coefficient (Wildman–Crippen LogP) is 0.333. The first-order chi connectivity index (χ1) is 7.33. The number of morpholine rings is 1. The summed E-state index contributed by atoms with van der Waals surface area (Å²) in [6, 6.07) is 0. The lowest BCUT2D eigenvalue weighted by atomic mass is 10.3. The van der Waals surface area contributed by atoms with Gasteiger partial charge in [0, 0.05) is 32.8 Å². The SMILES string of the molecule is CCCOCCNCC1CN(C)CCO1. The average molecular weight is 216 g/mol. The molecule has 0 aromatic rings. The lowest BCUT2D eigenvalue weighted by Crippen LogP contribution is -2.45. The second-order valence-corrected chi connectivity index (χ2v) is 4.07. The molecular weight excluding hydrogens is 192 g/mol. The highest BCUT2D eigenvalue weighted by Crippen LogP contribution is 2.01. The molecule has 4 heteroatoms. The maximum Gasteiger partial charge on any atom is 0.0826 e. The first-order valence-corrected chi connectivity index (χ1v) is 5.91. The topological polar surface area (TPSA) is 33.7 Å². The minimum absolute atomic E-state index is 0.343. The number of hydrogen-bond donors (Lipinski definition) is 1. The molecule has 1 aliphatic rings. The first kappa shape index (κ1) is 12.9. The summed E-state index contributed by atoms with van der Waals surface area (Å²) in [4.78, 5) is 2.31. The van der Waals surface area contributed by atoms with Crippen molar-refractivity contribution in [2.24, 2.45) is 0 Å². The highest BCUT2D eigenvalue weighted by atomic mass is 16.5. The summed E-state index contributed by atoms with van der Waals surface area (Å²) in [6.07, 6.45) is 1.44. The predicted molar refractivity (Wildman–Crippen MR) is 61.2 cm³/mol. The summed E-state index contributed by atoms with van der Waals surface area (Å²) in [6.45, 7) is 8.58. The maximum atomic E-state index is 5.63. The fourth-order valence-corrected chi connectivity index (χ4v) is 1.64. The fraction of sp³-hybridized carbons (Fsp3) is 1.00. The van der Waals surface area contributed by atoms with Gasteiger partial charge in [-0.3, -0.25) is 0 Å². The molecule has 1 saturated heterocycles. The third kappa shape index (κ3) is 6.10. The Morgan fingerprint density at radius 2 is 2.33 bits per heavy atom. The van der Waals surface area contributed by atoms with Gasteiger partial charge in [0.15, 0.2) is 0 Å². The van der Waals surface area contributed by atoms with E-state index in [4.69, 9.17) is 9.47 Å². The van der Waals surface area contributed by atoms with Gasteiger partial charge in [-0.1, -0.05) is 6.92 Å². The number of nitrogens with one attached hydrogen (secondary N) is 1. The van der Waals surface area contributed by atoms with Crippen LogP contribution in [0.1, 0.15) is 13.3 Å². The van der Waals surface area contributed by atoms with Gasteiger partial charge in [-0.25, -0.2) is 0 Å². The third-order valence-corrected chi connectivity index (χ3v) is 2.49. The molecule has 0 aromatic carbocycles. The van der Waals surface area contributed by atoms with E-state index in [0.29, 0.717) is 6.10 Å². The Balaban J connectivity index is 1.90. The van der Waals surface area contributed by atoms with Crippen LogP contribution in [0.4, 0.5) is 0 Å². The standard InChI is InChI=1S/C11H24N2O2/c1-3-6-14-7-4-12-9-11-10-13(2)5-8-15-11/h11-12H,3-10H2,1-2H3. The highest BCUT2D eigenvalue weighted by Gasteiger charge is 2.16. The van der Waals surface area contributed by atoms with Crippen LogP contribution in [0, 0.1) is 0 Å². The van der Waals surface area contributed by atoms with Gasteiger partial charge >= 0.3 is 0 Å². The number of nitrogens with zero attached hydrogens (tertiary/aromatic N) is 1. The van der Waals surface area contributed by atoms with Crippen LogP contribution in [-0.4, -0.2) is 64.1 Å². The molecule has 0 aliphatic carbocycles. The monoisotopic (exact) mass is 216 g/mol. The third-order valence-electron chi connectivity index (χ3n) is 2.49. The number of ether oxygens (including phenoxy) is 2. The molecule has 0 aromatic heterocycles. The van der Waals surface area contributed by atoms with Crippen LogP contribution in [0.25, 0.3) is 0 Å². The molecule has 1 heterocycles. The normalized spacial score (nSPS) is 23.2. The van der Waals surface area contributed by atoms with Crippen molar-refractivity contribution in [1.29, 1.82) is 0 Å². The van der Waals surface area contributed by atoms with Gasteiger partial charge in [0.1, 0.15) is 0 Å². The maximum absolute atomic E-state index is 5.63. The van der Waals surface area contributed by atoms with E-state index in [1.807, 2.05) is 0 Å². The van der Waals surface area contributed by atoms with Gasteiger partial charge < -0.3 is 19.7 Å². The molecule has 90 valence electrons.